The molecule has 1 amide bonds. The molecule has 3 heteroatoms. The number of carbonyl (C=O) groups excluding carboxylic acids is 1. The van der Waals surface area contributed by atoms with E-state index in [-0.39, 0.29) is 11.9 Å². The van der Waals surface area contributed by atoms with E-state index in [2.05, 4.69) is 26.1 Å². The second-order valence-electron chi connectivity index (χ2n) is 5.38. The SMILES string of the molecule is CCCCC(N)C(=O)NCC1CC1(C)C. The molecule has 0 aromatic carbocycles. The van der Waals surface area contributed by atoms with E-state index in [1.165, 1.54) is 6.42 Å². The zero-order chi connectivity index (χ0) is 11.5. The molecular weight excluding hydrogens is 188 g/mol. The van der Waals surface area contributed by atoms with Gasteiger partial charge in [-0.15, -0.1) is 0 Å². The molecule has 0 spiro atoms. The van der Waals surface area contributed by atoms with Crippen molar-refractivity contribution in [2.24, 2.45) is 17.1 Å². The van der Waals surface area contributed by atoms with Crippen molar-refractivity contribution in [3.05, 3.63) is 0 Å². The third kappa shape index (κ3) is 3.82. The molecule has 0 saturated heterocycles. The summed E-state index contributed by atoms with van der Waals surface area (Å²) in [7, 11) is 0. The molecule has 0 bridgehead atoms. The van der Waals surface area contributed by atoms with Crippen LogP contribution in [0.3, 0.4) is 0 Å². The number of carbonyl (C=O) groups is 1. The molecule has 0 aliphatic heterocycles. The van der Waals surface area contributed by atoms with Crippen LogP contribution in [-0.2, 0) is 4.79 Å². The lowest BCUT2D eigenvalue weighted by atomic mass is 10.1. The van der Waals surface area contributed by atoms with Crippen molar-refractivity contribution in [3.8, 4) is 0 Å². The Morgan fingerprint density at radius 2 is 2.20 bits per heavy atom. The monoisotopic (exact) mass is 212 g/mol. The Bertz CT molecular complexity index is 226. The van der Waals surface area contributed by atoms with Crippen LogP contribution in [0.1, 0.15) is 46.5 Å². The van der Waals surface area contributed by atoms with Crippen LogP contribution in [0, 0.1) is 11.3 Å². The topological polar surface area (TPSA) is 55.1 Å². The van der Waals surface area contributed by atoms with Gasteiger partial charge in [-0.3, -0.25) is 4.79 Å². The van der Waals surface area contributed by atoms with Crippen LogP contribution in [0.2, 0.25) is 0 Å². The molecule has 1 aliphatic rings. The minimum atomic E-state index is -0.313. The van der Waals surface area contributed by atoms with E-state index in [0.29, 0.717) is 11.3 Å². The lowest BCUT2D eigenvalue weighted by Gasteiger charge is -2.12. The molecule has 1 saturated carbocycles. The average Bonchev–Trinajstić information content (AvgIpc) is 2.79. The van der Waals surface area contributed by atoms with E-state index in [1.807, 2.05) is 0 Å². The number of rotatable bonds is 6. The summed E-state index contributed by atoms with van der Waals surface area (Å²) in [5.41, 5.74) is 6.20. The fraction of sp³-hybridized carbons (Fsp3) is 0.917. The highest BCUT2D eigenvalue weighted by Crippen LogP contribution is 2.50. The van der Waals surface area contributed by atoms with Crippen LogP contribution in [0.5, 0.6) is 0 Å². The third-order valence-electron chi connectivity index (χ3n) is 3.45. The summed E-state index contributed by atoms with van der Waals surface area (Å²) in [5, 5.41) is 2.94. The highest BCUT2D eigenvalue weighted by Gasteiger charge is 2.45. The van der Waals surface area contributed by atoms with E-state index in [4.69, 9.17) is 5.73 Å². The standard InChI is InChI=1S/C12H24N2O/c1-4-5-6-10(13)11(15)14-8-9-7-12(9,2)3/h9-10H,4-8,13H2,1-3H3,(H,14,15). The number of nitrogens with two attached hydrogens (primary N) is 1. The van der Waals surface area contributed by atoms with Crippen LogP contribution in [0.15, 0.2) is 0 Å². The summed E-state index contributed by atoms with van der Waals surface area (Å²) in [6, 6.07) is -0.313. The van der Waals surface area contributed by atoms with Crippen molar-refractivity contribution in [2.75, 3.05) is 6.54 Å². The number of nitrogens with one attached hydrogen (secondary N) is 1. The first-order valence-corrected chi connectivity index (χ1v) is 6.00. The van der Waals surface area contributed by atoms with Crippen molar-refractivity contribution in [1.82, 2.24) is 5.32 Å². The summed E-state index contributed by atoms with van der Waals surface area (Å²) < 4.78 is 0. The molecule has 1 rings (SSSR count). The van der Waals surface area contributed by atoms with E-state index in [1.54, 1.807) is 0 Å². The minimum Gasteiger partial charge on any atom is -0.354 e. The van der Waals surface area contributed by atoms with Gasteiger partial charge in [-0.25, -0.2) is 0 Å². The Labute approximate surface area is 92.8 Å². The first kappa shape index (κ1) is 12.5. The maximum atomic E-state index is 11.6. The summed E-state index contributed by atoms with van der Waals surface area (Å²) >= 11 is 0. The molecule has 3 nitrogen and oxygen atoms in total. The second-order valence-corrected chi connectivity index (χ2v) is 5.38. The Hall–Kier alpha value is -0.570. The molecule has 88 valence electrons. The van der Waals surface area contributed by atoms with Gasteiger partial charge in [0.25, 0.3) is 0 Å². The fourth-order valence-corrected chi connectivity index (χ4v) is 1.83. The van der Waals surface area contributed by atoms with Gasteiger partial charge >= 0.3 is 0 Å². The Morgan fingerprint density at radius 3 is 2.67 bits per heavy atom. The van der Waals surface area contributed by atoms with E-state index < -0.39 is 0 Å². The second kappa shape index (κ2) is 4.97. The molecule has 0 heterocycles. The van der Waals surface area contributed by atoms with Crippen molar-refractivity contribution in [3.63, 3.8) is 0 Å². The predicted molar refractivity (Wildman–Crippen MR) is 62.4 cm³/mol. The summed E-state index contributed by atoms with van der Waals surface area (Å²) in [5.74, 6) is 0.672. The normalized spacial score (nSPS) is 24.7. The maximum Gasteiger partial charge on any atom is 0.236 e. The van der Waals surface area contributed by atoms with Crippen LogP contribution in [0.25, 0.3) is 0 Å². The molecule has 15 heavy (non-hydrogen) atoms. The third-order valence-corrected chi connectivity index (χ3v) is 3.45. The summed E-state index contributed by atoms with van der Waals surface area (Å²) in [6.07, 6.45) is 4.15. The van der Waals surface area contributed by atoms with Crippen LogP contribution in [0.4, 0.5) is 0 Å². The van der Waals surface area contributed by atoms with Crippen LogP contribution < -0.4 is 11.1 Å². The lowest BCUT2D eigenvalue weighted by Crippen LogP contribution is -2.41. The van der Waals surface area contributed by atoms with Gasteiger partial charge in [0.05, 0.1) is 6.04 Å². The first-order valence-electron chi connectivity index (χ1n) is 6.00. The maximum absolute atomic E-state index is 11.6. The van der Waals surface area contributed by atoms with Crippen molar-refractivity contribution < 1.29 is 4.79 Å². The molecule has 2 atom stereocenters. The molecule has 1 aliphatic carbocycles. The van der Waals surface area contributed by atoms with E-state index >= 15 is 0 Å². The summed E-state index contributed by atoms with van der Waals surface area (Å²) in [6.45, 7) is 7.38. The van der Waals surface area contributed by atoms with Crippen molar-refractivity contribution in [1.29, 1.82) is 0 Å². The zero-order valence-corrected chi connectivity index (χ0v) is 10.2. The van der Waals surface area contributed by atoms with Gasteiger partial charge < -0.3 is 11.1 Å². The number of amides is 1. The molecular formula is C12H24N2O. The molecule has 1 fully saturated rings. The van der Waals surface area contributed by atoms with Gasteiger partial charge in [-0.1, -0.05) is 33.6 Å². The smallest absolute Gasteiger partial charge is 0.236 e. The van der Waals surface area contributed by atoms with Gasteiger partial charge in [0.1, 0.15) is 0 Å². The Balaban J connectivity index is 2.13. The molecule has 2 unspecified atom stereocenters. The van der Waals surface area contributed by atoms with Crippen LogP contribution >= 0.6 is 0 Å². The number of unbranched alkanes of at least 4 members (excludes halogenated alkanes) is 1. The molecule has 0 radical (unpaired) electrons. The van der Waals surface area contributed by atoms with E-state index in [0.717, 1.165) is 25.8 Å². The van der Waals surface area contributed by atoms with Gasteiger partial charge in [-0.05, 0) is 24.2 Å². The molecule has 3 N–H and O–H groups in total. The van der Waals surface area contributed by atoms with Gasteiger partial charge in [0.15, 0.2) is 0 Å². The van der Waals surface area contributed by atoms with E-state index in [9.17, 15) is 4.79 Å². The van der Waals surface area contributed by atoms with Gasteiger partial charge in [0, 0.05) is 6.54 Å². The zero-order valence-electron chi connectivity index (χ0n) is 10.2. The minimum absolute atomic E-state index is 0.0196. The number of hydrogen-bond donors (Lipinski definition) is 2. The fourth-order valence-electron chi connectivity index (χ4n) is 1.83. The quantitative estimate of drug-likeness (QED) is 0.703. The van der Waals surface area contributed by atoms with Gasteiger partial charge in [-0.2, -0.15) is 0 Å². The Kier molecular flexibility index (Phi) is 4.14. The van der Waals surface area contributed by atoms with Crippen molar-refractivity contribution in [2.45, 2.75) is 52.5 Å². The van der Waals surface area contributed by atoms with Gasteiger partial charge in [0.2, 0.25) is 5.91 Å². The molecule has 0 aromatic heterocycles. The predicted octanol–water partition coefficient (Wildman–Crippen LogP) is 1.67. The Morgan fingerprint density at radius 1 is 1.60 bits per heavy atom. The lowest BCUT2D eigenvalue weighted by molar-refractivity contribution is -0.122. The highest BCUT2D eigenvalue weighted by atomic mass is 16.2. The largest absolute Gasteiger partial charge is 0.354 e. The summed E-state index contributed by atoms with van der Waals surface area (Å²) in [4.78, 5) is 11.6. The highest BCUT2D eigenvalue weighted by molar-refractivity contribution is 5.81. The number of hydrogen-bond acceptors (Lipinski definition) is 2. The van der Waals surface area contributed by atoms with Crippen LogP contribution in [-0.4, -0.2) is 18.5 Å². The average molecular weight is 212 g/mol. The molecule has 0 aromatic rings. The first-order chi connectivity index (χ1) is 6.97. The van der Waals surface area contributed by atoms with Crippen molar-refractivity contribution >= 4 is 5.91 Å².